The quantitative estimate of drug-likeness (QED) is 0.851. The molecule has 2 rings (SSSR count). The minimum absolute atomic E-state index is 0.237. The molecule has 1 aromatic rings. The standard InChI is InChI=1S/C17H24F2N2O2/c1-17(2,3)16(22)23-21-10-8-20(9-11-21)7-6-13-4-5-14(18)12-15(13)19/h4-5,12H,6-11H2,1-3H3. The van der Waals surface area contributed by atoms with E-state index in [9.17, 15) is 13.6 Å². The lowest BCUT2D eigenvalue weighted by atomic mass is 9.98. The predicted octanol–water partition coefficient (Wildman–Crippen LogP) is 2.63. The highest BCUT2D eigenvalue weighted by atomic mass is 19.1. The van der Waals surface area contributed by atoms with Crippen molar-refractivity contribution in [1.82, 2.24) is 9.96 Å². The molecular weight excluding hydrogens is 302 g/mol. The van der Waals surface area contributed by atoms with E-state index in [-0.39, 0.29) is 5.97 Å². The number of carbonyl (C=O) groups is 1. The van der Waals surface area contributed by atoms with Crippen LogP contribution in [0.25, 0.3) is 0 Å². The van der Waals surface area contributed by atoms with Crippen LogP contribution in [-0.4, -0.2) is 48.7 Å². The molecule has 0 unspecified atom stereocenters. The van der Waals surface area contributed by atoms with Gasteiger partial charge in [-0.05, 0) is 38.8 Å². The van der Waals surface area contributed by atoms with E-state index in [1.807, 2.05) is 20.8 Å². The number of carbonyl (C=O) groups excluding carboxylic acids is 1. The number of hydroxylamine groups is 2. The Morgan fingerprint density at radius 3 is 2.39 bits per heavy atom. The van der Waals surface area contributed by atoms with Crippen LogP contribution in [0.3, 0.4) is 0 Å². The van der Waals surface area contributed by atoms with Crippen LogP contribution < -0.4 is 0 Å². The lowest BCUT2D eigenvalue weighted by molar-refractivity contribution is -0.206. The van der Waals surface area contributed by atoms with Gasteiger partial charge in [-0.25, -0.2) is 13.6 Å². The Morgan fingerprint density at radius 2 is 1.83 bits per heavy atom. The van der Waals surface area contributed by atoms with E-state index in [4.69, 9.17) is 4.84 Å². The summed E-state index contributed by atoms with van der Waals surface area (Å²) in [7, 11) is 0. The molecular formula is C17H24F2N2O2. The van der Waals surface area contributed by atoms with Crippen molar-refractivity contribution in [2.45, 2.75) is 27.2 Å². The van der Waals surface area contributed by atoms with Gasteiger partial charge in [-0.2, -0.15) is 0 Å². The Morgan fingerprint density at radius 1 is 1.17 bits per heavy atom. The van der Waals surface area contributed by atoms with Crippen LogP contribution in [0.2, 0.25) is 0 Å². The third kappa shape index (κ3) is 5.25. The van der Waals surface area contributed by atoms with Gasteiger partial charge in [-0.3, -0.25) is 0 Å². The summed E-state index contributed by atoms with van der Waals surface area (Å²) in [5, 5.41) is 1.68. The first-order valence-corrected chi connectivity index (χ1v) is 7.89. The molecule has 4 nitrogen and oxygen atoms in total. The maximum atomic E-state index is 13.6. The molecule has 0 atom stereocenters. The van der Waals surface area contributed by atoms with Gasteiger partial charge >= 0.3 is 5.97 Å². The zero-order valence-corrected chi connectivity index (χ0v) is 13.9. The summed E-state index contributed by atoms with van der Waals surface area (Å²) in [6, 6.07) is 3.69. The lowest BCUT2D eigenvalue weighted by Crippen LogP contribution is -2.48. The summed E-state index contributed by atoms with van der Waals surface area (Å²) >= 11 is 0. The highest BCUT2D eigenvalue weighted by Crippen LogP contribution is 2.17. The Labute approximate surface area is 136 Å². The largest absolute Gasteiger partial charge is 0.367 e. The van der Waals surface area contributed by atoms with Gasteiger partial charge in [-0.15, -0.1) is 5.06 Å². The number of hydrogen-bond donors (Lipinski definition) is 0. The summed E-state index contributed by atoms with van der Waals surface area (Å²) in [6.07, 6.45) is 0.536. The zero-order chi connectivity index (χ0) is 17.0. The summed E-state index contributed by atoms with van der Waals surface area (Å²) in [5.41, 5.74) is 0.00466. The van der Waals surface area contributed by atoms with E-state index < -0.39 is 17.0 Å². The predicted molar refractivity (Wildman–Crippen MR) is 83.6 cm³/mol. The van der Waals surface area contributed by atoms with Crippen LogP contribution in [-0.2, 0) is 16.1 Å². The van der Waals surface area contributed by atoms with E-state index in [1.165, 1.54) is 12.1 Å². The third-order valence-electron chi connectivity index (χ3n) is 3.87. The van der Waals surface area contributed by atoms with Crippen molar-refractivity contribution >= 4 is 5.97 Å². The average molecular weight is 326 g/mol. The normalized spacial score (nSPS) is 17.3. The molecule has 23 heavy (non-hydrogen) atoms. The molecule has 1 aliphatic heterocycles. The Hall–Kier alpha value is -1.53. The second-order valence-electron chi connectivity index (χ2n) is 6.89. The van der Waals surface area contributed by atoms with E-state index in [2.05, 4.69) is 4.90 Å². The van der Waals surface area contributed by atoms with Crippen molar-refractivity contribution in [1.29, 1.82) is 0 Å². The molecule has 0 N–H and O–H groups in total. The molecule has 128 valence electrons. The zero-order valence-electron chi connectivity index (χ0n) is 13.9. The fraction of sp³-hybridized carbons (Fsp3) is 0.588. The number of benzene rings is 1. The van der Waals surface area contributed by atoms with Gasteiger partial charge < -0.3 is 9.74 Å². The van der Waals surface area contributed by atoms with Crippen LogP contribution in [0.15, 0.2) is 18.2 Å². The first-order valence-electron chi connectivity index (χ1n) is 7.89. The van der Waals surface area contributed by atoms with Crippen molar-refractivity contribution < 1.29 is 18.4 Å². The molecule has 0 aliphatic carbocycles. The van der Waals surface area contributed by atoms with Crippen molar-refractivity contribution in [3.63, 3.8) is 0 Å². The van der Waals surface area contributed by atoms with Gasteiger partial charge in [0.2, 0.25) is 0 Å². The molecule has 0 amide bonds. The maximum absolute atomic E-state index is 13.6. The topological polar surface area (TPSA) is 32.8 Å². The Balaban J connectivity index is 1.75. The summed E-state index contributed by atoms with van der Waals surface area (Å²) in [4.78, 5) is 19.4. The van der Waals surface area contributed by atoms with Gasteiger partial charge in [0.1, 0.15) is 11.6 Å². The molecule has 0 saturated carbocycles. The monoisotopic (exact) mass is 326 g/mol. The fourth-order valence-corrected chi connectivity index (χ4v) is 2.30. The Kier molecular flexibility index (Phi) is 5.70. The molecule has 1 aliphatic rings. The second-order valence-corrected chi connectivity index (χ2v) is 6.89. The van der Waals surface area contributed by atoms with Gasteiger partial charge in [0.05, 0.1) is 5.41 Å². The lowest BCUT2D eigenvalue weighted by Gasteiger charge is -2.34. The van der Waals surface area contributed by atoms with Gasteiger partial charge in [0.15, 0.2) is 0 Å². The minimum Gasteiger partial charge on any atom is -0.367 e. The molecule has 6 heteroatoms. The maximum Gasteiger partial charge on any atom is 0.330 e. The van der Waals surface area contributed by atoms with E-state index in [0.717, 1.165) is 19.2 Å². The average Bonchev–Trinajstić information content (AvgIpc) is 2.47. The summed E-state index contributed by atoms with van der Waals surface area (Å²) < 4.78 is 26.5. The smallest absolute Gasteiger partial charge is 0.330 e. The highest BCUT2D eigenvalue weighted by Gasteiger charge is 2.27. The van der Waals surface area contributed by atoms with Gasteiger partial charge in [0, 0.05) is 38.8 Å². The van der Waals surface area contributed by atoms with Crippen LogP contribution >= 0.6 is 0 Å². The number of halogens is 2. The minimum atomic E-state index is -0.555. The number of hydrogen-bond acceptors (Lipinski definition) is 4. The molecule has 1 heterocycles. The number of rotatable bonds is 4. The fourth-order valence-electron chi connectivity index (χ4n) is 2.30. The van der Waals surface area contributed by atoms with Crippen molar-refractivity contribution in [2.75, 3.05) is 32.7 Å². The van der Waals surface area contributed by atoms with Crippen molar-refractivity contribution in [3.05, 3.63) is 35.4 Å². The van der Waals surface area contributed by atoms with Gasteiger partial charge in [-0.1, -0.05) is 6.07 Å². The summed E-state index contributed by atoms with van der Waals surface area (Å²) in [6.45, 7) is 8.93. The van der Waals surface area contributed by atoms with Crippen LogP contribution in [0.1, 0.15) is 26.3 Å². The van der Waals surface area contributed by atoms with E-state index in [1.54, 1.807) is 5.06 Å². The molecule has 1 saturated heterocycles. The molecule has 0 spiro atoms. The highest BCUT2D eigenvalue weighted by molar-refractivity contribution is 5.75. The molecule has 1 fully saturated rings. The molecule has 0 radical (unpaired) electrons. The SMILES string of the molecule is CC(C)(C)C(=O)ON1CCN(CCc2ccc(F)cc2F)CC1. The van der Waals surface area contributed by atoms with Gasteiger partial charge in [0.25, 0.3) is 0 Å². The summed E-state index contributed by atoms with van der Waals surface area (Å²) in [5.74, 6) is -1.29. The first kappa shape index (κ1) is 17.8. The molecule has 1 aromatic carbocycles. The van der Waals surface area contributed by atoms with Crippen molar-refractivity contribution in [3.8, 4) is 0 Å². The van der Waals surface area contributed by atoms with Crippen LogP contribution in [0, 0.1) is 17.0 Å². The molecule has 0 aromatic heterocycles. The molecule has 0 bridgehead atoms. The first-order chi connectivity index (χ1) is 10.8. The van der Waals surface area contributed by atoms with Crippen molar-refractivity contribution in [2.24, 2.45) is 5.41 Å². The number of piperazine rings is 1. The van der Waals surface area contributed by atoms with Crippen LogP contribution in [0.4, 0.5) is 8.78 Å². The Bertz CT molecular complexity index is 550. The van der Waals surface area contributed by atoms with E-state index >= 15 is 0 Å². The third-order valence-corrected chi connectivity index (χ3v) is 3.87. The second kappa shape index (κ2) is 7.36. The number of nitrogens with zero attached hydrogens (tertiary/aromatic N) is 2. The van der Waals surface area contributed by atoms with Crippen LogP contribution in [0.5, 0.6) is 0 Å². The van der Waals surface area contributed by atoms with E-state index in [0.29, 0.717) is 31.6 Å².